The summed E-state index contributed by atoms with van der Waals surface area (Å²) in [7, 11) is 1.67. The molecule has 1 amide bonds. The van der Waals surface area contributed by atoms with E-state index in [0.717, 1.165) is 22.5 Å². The highest BCUT2D eigenvalue weighted by Gasteiger charge is 2.19. The second-order valence-corrected chi connectivity index (χ2v) is 7.19. The van der Waals surface area contributed by atoms with E-state index in [1.807, 2.05) is 24.7 Å². The molecule has 0 fully saturated rings. The van der Waals surface area contributed by atoms with Crippen LogP contribution in [0.5, 0.6) is 11.6 Å². The fraction of sp³-hybridized carbons (Fsp3) is 0.217. The molecule has 0 aliphatic carbocycles. The molecule has 0 atom stereocenters. The van der Waals surface area contributed by atoms with Crippen LogP contribution in [0.1, 0.15) is 11.4 Å². The first-order valence-electron chi connectivity index (χ1n) is 10.1. The predicted octanol–water partition coefficient (Wildman–Crippen LogP) is 4.00. The summed E-state index contributed by atoms with van der Waals surface area (Å²) in [5.41, 5.74) is 5.78. The molecule has 0 aliphatic heterocycles. The first-order valence-corrected chi connectivity index (χ1v) is 10.1. The quantitative estimate of drug-likeness (QED) is 0.408. The van der Waals surface area contributed by atoms with Crippen molar-refractivity contribution in [1.82, 2.24) is 24.7 Å². The van der Waals surface area contributed by atoms with Crippen molar-refractivity contribution in [1.29, 1.82) is 0 Å². The van der Waals surface area contributed by atoms with Gasteiger partial charge >= 0.3 is 0 Å². The van der Waals surface area contributed by atoms with E-state index in [1.54, 1.807) is 37.6 Å². The molecule has 9 nitrogen and oxygen atoms in total. The van der Waals surface area contributed by atoms with Gasteiger partial charge in [-0.2, -0.15) is 5.10 Å². The molecule has 4 rings (SSSR count). The number of nitrogens with one attached hydrogen (secondary N) is 2. The molecule has 32 heavy (non-hydrogen) atoms. The van der Waals surface area contributed by atoms with Crippen molar-refractivity contribution in [2.24, 2.45) is 0 Å². The van der Waals surface area contributed by atoms with Crippen LogP contribution in [0.3, 0.4) is 0 Å². The molecule has 3 aromatic heterocycles. The number of hydrogen-bond donors (Lipinski definition) is 2. The minimum atomic E-state index is -0.294. The van der Waals surface area contributed by atoms with Crippen LogP contribution in [0.15, 0.2) is 49.3 Å². The first-order chi connectivity index (χ1) is 15.5. The number of ether oxygens (including phenoxy) is 2. The number of nitrogens with zero attached hydrogens (tertiary/aromatic N) is 4. The number of H-pyrrole nitrogens is 1. The molecular weight excluding hydrogens is 408 g/mol. The van der Waals surface area contributed by atoms with E-state index in [4.69, 9.17) is 9.47 Å². The predicted molar refractivity (Wildman–Crippen MR) is 122 cm³/mol. The zero-order chi connectivity index (χ0) is 22.7. The molecule has 0 bridgehead atoms. The topological polar surface area (TPSA) is 107 Å². The van der Waals surface area contributed by atoms with Gasteiger partial charge in [0.2, 0.25) is 11.8 Å². The minimum Gasteiger partial charge on any atom is -0.437 e. The van der Waals surface area contributed by atoms with Crippen LogP contribution in [0.2, 0.25) is 0 Å². The lowest BCUT2D eigenvalue weighted by Crippen LogP contribution is -2.07. The van der Waals surface area contributed by atoms with Gasteiger partial charge in [0, 0.05) is 41.9 Å². The number of methoxy groups -OCH3 is 1. The van der Waals surface area contributed by atoms with Gasteiger partial charge in [0.1, 0.15) is 11.3 Å². The van der Waals surface area contributed by atoms with E-state index in [9.17, 15) is 4.79 Å². The largest absolute Gasteiger partial charge is 0.437 e. The molecule has 2 N–H and O–H groups in total. The molecule has 0 unspecified atom stereocenters. The van der Waals surface area contributed by atoms with Crippen LogP contribution in [0.4, 0.5) is 5.69 Å². The van der Waals surface area contributed by atoms with E-state index in [1.165, 1.54) is 6.08 Å². The van der Waals surface area contributed by atoms with Crippen LogP contribution >= 0.6 is 0 Å². The number of hydrogen-bond acceptors (Lipinski definition) is 6. The molecule has 164 valence electrons. The van der Waals surface area contributed by atoms with Crippen LogP contribution in [0.25, 0.3) is 22.3 Å². The van der Waals surface area contributed by atoms with Crippen molar-refractivity contribution in [2.75, 3.05) is 19.0 Å². The number of carbonyl (C=O) groups excluding carboxylic acids is 1. The summed E-state index contributed by atoms with van der Waals surface area (Å²) >= 11 is 0. The number of carbonyl (C=O) groups is 1. The van der Waals surface area contributed by atoms with Gasteiger partial charge in [0.15, 0.2) is 5.65 Å². The van der Waals surface area contributed by atoms with Crippen molar-refractivity contribution >= 4 is 22.8 Å². The highest BCUT2D eigenvalue weighted by Crippen LogP contribution is 2.33. The van der Waals surface area contributed by atoms with Crippen LogP contribution in [-0.2, 0) is 16.1 Å². The smallest absolute Gasteiger partial charge is 0.247 e. The average molecular weight is 432 g/mol. The van der Waals surface area contributed by atoms with E-state index in [2.05, 4.69) is 31.9 Å². The van der Waals surface area contributed by atoms with Crippen molar-refractivity contribution in [2.45, 2.75) is 20.4 Å². The first kappa shape index (κ1) is 21.3. The third kappa shape index (κ3) is 4.23. The maximum atomic E-state index is 11.5. The maximum absolute atomic E-state index is 11.5. The van der Waals surface area contributed by atoms with Gasteiger partial charge in [-0.3, -0.25) is 9.48 Å². The van der Waals surface area contributed by atoms with Gasteiger partial charge in [-0.1, -0.05) is 12.6 Å². The molecule has 0 radical (unpaired) electrons. The highest BCUT2D eigenvalue weighted by molar-refractivity contribution is 5.99. The lowest BCUT2D eigenvalue weighted by molar-refractivity contribution is -0.111. The summed E-state index contributed by atoms with van der Waals surface area (Å²) in [4.78, 5) is 23.9. The number of rotatable bonds is 8. The molecule has 0 saturated carbocycles. The summed E-state index contributed by atoms with van der Waals surface area (Å²) in [5.74, 6) is 0.571. The van der Waals surface area contributed by atoms with E-state index >= 15 is 0 Å². The number of aromatic nitrogens is 5. The second-order valence-electron chi connectivity index (χ2n) is 7.19. The molecule has 4 aromatic rings. The van der Waals surface area contributed by atoms with Crippen molar-refractivity contribution in [3.63, 3.8) is 0 Å². The van der Waals surface area contributed by atoms with Crippen LogP contribution in [0, 0.1) is 13.8 Å². The zero-order valence-electron chi connectivity index (χ0n) is 18.2. The zero-order valence-corrected chi connectivity index (χ0v) is 18.2. The van der Waals surface area contributed by atoms with Crippen molar-refractivity contribution < 1.29 is 14.3 Å². The van der Waals surface area contributed by atoms with E-state index in [-0.39, 0.29) is 5.91 Å². The maximum Gasteiger partial charge on any atom is 0.247 e. The molecule has 0 spiro atoms. The van der Waals surface area contributed by atoms with Crippen LogP contribution in [-0.4, -0.2) is 44.4 Å². The Morgan fingerprint density at radius 2 is 2.19 bits per heavy atom. The Bertz CT molecular complexity index is 1290. The summed E-state index contributed by atoms with van der Waals surface area (Å²) < 4.78 is 13.0. The van der Waals surface area contributed by atoms with Crippen LogP contribution < -0.4 is 10.1 Å². The second kappa shape index (κ2) is 9.03. The summed E-state index contributed by atoms with van der Waals surface area (Å²) in [5, 5.41) is 7.35. The normalized spacial score (nSPS) is 11.0. The van der Waals surface area contributed by atoms with Gasteiger partial charge in [0.05, 0.1) is 25.0 Å². The summed E-state index contributed by atoms with van der Waals surface area (Å²) in [6.07, 6.45) is 4.65. The SMILES string of the molecule is C=CC(=O)Nc1cccc(Oc2cnc3[nH]cc(-c4c(C)nn(CCOC)c4C)c3n2)c1. The Kier molecular flexibility index (Phi) is 6.00. The van der Waals surface area contributed by atoms with Gasteiger partial charge in [-0.05, 0) is 32.1 Å². The van der Waals surface area contributed by atoms with Gasteiger partial charge in [-0.15, -0.1) is 0 Å². The van der Waals surface area contributed by atoms with Crippen molar-refractivity contribution in [3.8, 4) is 22.8 Å². The molecule has 3 heterocycles. The lowest BCUT2D eigenvalue weighted by Gasteiger charge is -2.08. The molecule has 0 saturated heterocycles. The standard InChI is InChI=1S/C23H24N6O3/c1-5-19(30)26-16-7-6-8-17(11-16)32-20-13-25-23-22(27-20)18(12-24-23)21-14(2)28-29(15(21)3)9-10-31-4/h5-8,11-13H,1,9-10H2,2-4H3,(H,24,25)(H,26,30). The lowest BCUT2D eigenvalue weighted by atomic mass is 10.1. The Labute approximate surface area is 185 Å². The molecule has 9 heteroatoms. The number of amides is 1. The van der Waals surface area contributed by atoms with E-state index in [0.29, 0.717) is 41.6 Å². The minimum absolute atomic E-state index is 0.294. The molecule has 0 aliphatic rings. The summed E-state index contributed by atoms with van der Waals surface area (Å²) in [6.45, 7) is 8.71. The number of anilines is 1. The van der Waals surface area contributed by atoms with Gasteiger partial charge < -0.3 is 19.8 Å². The Morgan fingerprint density at radius 3 is 2.97 bits per heavy atom. The Morgan fingerprint density at radius 1 is 1.34 bits per heavy atom. The third-order valence-corrected chi connectivity index (χ3v) is 5.03. The number of benzene rings is 1. The number of fused-ring (bicyclic) bond motifs is 1. The highest BCUT2D eigenvalue weighted by atomic mass is 16.5. The van der Waals surface area contributed by atoms with Gasteiger partial charge in [0.25, 0.3) is 0 Å². The van der Waals surface area contributed by atoms with Crippen molar-refractivity contribution in [3.05, 3.63) is 60.7 Å². The fourth-order valence-corrected chi connectivity index (χ4v) is 3.55. The fourth-order valence-electron chi connectivity index (χ4n) is 3.55. The average Bonchev–Trinajstić information content (AvgIpc) is 3.31. The Balaban J connectivity index is 1.66. The third-order valence-electron chi connectivity index (χ3n) is 5.03. The monoisotopic (exact) mass is 432 g/mol. The Hall–Kier alpha value is -3.98. The summed E-state index contributed by atoms with van der Waals surface area (Å²) in [6, 6.07) is 7.03. The number of aryl methyl sites for hydroxylation is 1. The molecule has 1 aromatic carbocycles. The van der Waals surface area contributed by atoms with E-state index < -0.39 is 0 Å². The van der Waals surface area contributed by atoms with Gasteiger partial charge in [-0.25, -0.2) is 9.97 Å². The number of aromatic amines is 1. The molecular formula is C23H24N6O3.